The van der Waals surface area contributed by atoms with Gasteiger partial charge in [-0.25, -0.2) is 13.1 Å². The minimum absolute atomic E-state index is 0.0446. The van der Waals surface area contributed by atoms with Gasteiger partial charge in [-0.3, -0.25) is 10.1 Å². The number of sulfonamides is 1. The lowest BCUT2D eigenvalue weighted by atomic mass is 9.86. The van der Waals surface area contributed by atoms with Crippen LogP contribution in [0.25, 0.3) is 0 Å². The van der Waals surface area contributed by atoms with E-state index in [1.54, 1.807) is 6.92 Å². The number of non-ortho nitro benzene ring substituents is 1. The molecule has 0 amide bonds. The van der Waals surface area contributed by atoms with Crippen molar-refractivity contribution in [2.45, 2.75) is 38.0 Å². The molecule has 0 spiro atoms. The zero-order chi connectivity index (χ0) is 20.2. The third-order valence-corrected chi connectivity index (χ3v) is 5.62. The van der Waals surface area contributed by atoms with Crippen molar-refractivity contribution < 1.29 is 18.1 Å². The fraction of sp³-hybridized carbons (Fsp3) is 0.368. The van der Waals surface area contributed by atoms with Gasteiger partial charge in [-0.1, -0.05) is 45.0 Å². The molecule has 2 aromatic carbocycles. The van der Waals surface area contributed by atoms with Crippen LogP contribution in [0.15, 0.2) is 47.4 Å². The Morgan fingerprint density at radius 3 is 2.44 bits per heavy atom. The van der Waals surface area contributed by atoms with E-state index >= 15 is 0 Å². The van der Waals surface area contributed by atoms with Crippen LogP contribution in [0.2, 0.25) is 0 Å². The number of nitrogens with one attached hydrogen (secondary N) is 1. The normalized spacial score (nSPS) is 12.0. The average molecular weight is 392 g/mol. The first-order valence-corrected chi connectivity index (χ1v) is 9.98. The summed E-state index contributed by atoms with van der Waals surface area (Å²) < 4.78 is 33.1. The SMILES string of the molecule is Cc1ccc([N+](=O)[O-])cc1S(=O)(=O)NCCOc1ccccc1C(C)(C)C. The lowest BCUT2D eigenvalue weighted by Crippen LogP contribution is -2.29. The highest BCUT2D eigenvalue weighted by atomic mass is 32.2. The van der Waals surface area contributed by atoms with E-state index in [0.717, 1.165) is 11.6 Å². The quantitative estimate of drug-likeness (QED) is 0.441. The molecule has 0 radical (unpaired) electrons. The maximum Gasteiger partial charge on any atom is 0.270 e. The summed E-state index contributed by atoms with van der Waals surface area (Å²) in [5.74, 6) is 0.704. The zero-order valence-electron chi connectivity index (χ0n) is 15.9. The van der Waals surface area contributed by atoms with Crippen molar-refractivity contribution in [2.75, 3.05) is 13.2 Å². The molecule has 0 aliphatic carbocycles. The first-order valence-electron chi connectivity index (χ1n) is 8.49. The minimum Gasteiger partial charge on any atom is -0.492 e. The molecule has 27 heavy (non-hydrogen) atoms. The van der Waals surface area contributed by atoms with Crippen LogP contribution in [0, 0.1) is 17.0 Å². The fourth-order valence-corrected chi connectivity index (χ4v) is 3.89. The number of nitro groups is 1. The lowest BCUT2D eigenvalue weighted by molar-refractivity contribution is -0.385. The summed E-state index contributed by atoms with van der Waals surface area (Å²) in [6.45, 7) is 7.99. The molecule has 0 aliphatic heterocycles. The number of ether oxygens (including phenoxy) is 1. The predicted molar refractivity (Wildman–Crippen MR) is 104 cm³/mol. The summed E-state index contributed by atoms with van der Waals surface area (Å²) in [6, 6.07) is 11.4. The van der Waals surface area contributed by atoms with Crippen LogP contribution < -0.4 is 9.46 Å². The van der Waals surface area contributed by atoms with Crippen LogP contribution in [-0.4, -0.2) is 26.5 Å². The Labute approximate surface area is 159 Å². The summed E-state index contributed by atoms with van der Waals surface area (Å²) in [5, 5.41) is 10.9. The fourth-order valence-electron chi connectivity index (χ4n) is 2.62. The van der Waals surface area contributed by atoms with Crippen LogP contribution in [-0.2, 0) is 15.4 Å². The number of aryl methyl sites for hydroxylation is 1. The van der Waals surface area contributed by atoms with Gasteiger partial charge in [0.05, 0.1) is 9.82 Å². The zero-order valence-corrected chi connectivity index (χ0v) is 16.7. The largest absolute Gasteiger partial charge is 0.492 e. The molecule has 146 valence electrons. The molecular weight excluding hydrogens is 368 g/mol. The number of benzene rings is 2. The van der Waals surface area contributed by atoms with Gasteiger partial charge in [0, 0.05) is 18.7 Å². The van der Waals surface area contributed by atoms with Crippen molar-refractivity contribution in [3.63, 3.8) is 0 Å². The Bertz CT molecular complexity index is 933. The van der Waals surface area contributed by atoms with Crippen LogP contribution in [0.4, 0.5) is 5.69 Å². The maximum absolute atomic E-state index is 12.5. The van der Waals surface area contributed by atoms with E-state index in [9.17, 15) is 18.5 Å². The van der Waals surface area contributed by atoms with Crippen LogP contribution in [0.5, 0.6) is 5.75 Å². The molecule has 0 bridgehead atoms. The summed E-state index contributed by atoms with van der Waals surface area (Å²) in [5.41, 5.74) is 1.10. The van der Waals surface area contributed by atoms with Crippen molar-refractivity contribution >= 4 is 15.7 Å². The molecule has 0 aromatic heterocycles. The van der Waals surface area contributed by atoms with E-state index in [1.807, 2.05) is 24.3 Å². The molecule has 0 heterocycles. The van der Waals surface area contributed by atoms with E-state index in [4.69, 9.17) is 4.74 Å². The number of rotatable bonds is 7. The second kappa shape index (κ2) is 8.06. The molecule has 0 atom stereocenters. The predicted octanol–water partition coefficient (Wildman–Crippen LogP) is 3.56. The molecule has 0 fully saturated rings. The Balaban J connectivity index is 2.06. The van der Waals surface area contributed by atoms with E-state index in [0.29, 0.717) is 11.3 Å². The van der Waals surface area contributed by atoms with E-state index in [2.05, 4.69) is 25.5 Å². The second-order valence-electron chi connectivity index (χ2n) is 7.20. The van der Waals surface area contributed by atoms with Crippen LogP contribution in [0.1, 0.15) is 31.9 Å². The molecule has 0 saturated heterocycles. The van der Waals surface area contributed by atoms with Gasteiger partial charge in [-0.05, 0) is 29.5 Å². The van der Waals surface area contributed by atoms with Crippen LogP contribution in [0.3, 0.4) is 0 Å². The van der Waals surface area contributed by atoms with Gasteiger partial charge in [-0.15, -0.1) is 0 Å². The standard InChI is InChI=1S/C19H24N2O5S/c1-14-9-10-15(21(22)23)13-18(14)27(24,25)20-11-12-26-17-8-6-5-7-16(17)19(2,3)4/h5-10,13,20H,11-12H2,1-4H3. The molecule has 2 aromatic rings. The molecule has 7 nitrogen and oxygen atoms in total. The van der Waals surface area contributed by atoms with Gasteiger partial charge in [0.1, 0.15) is 12.4 Å². The van der Waals surface area contributed by atoms with Crippen molar-refractivity contribution in [3.05, 3.63) is 63.7 Å². The van der Waals surface area contributed by atoms with Gasteiger partial charge in [0.2, 0.25) is 10.0 Å². The molecule has 8 heteroatoms. The van der Waals surface area contributed by atoms with Crippen LogP contribution >= 0.6 is 0 Å². The van der Waals surface area contributed by atoms with Gasteiger partial charge in [0.25, 0.3) is 5.69 Å². The highest BCUT2D eigenvalue weighted by Gasteiger charge is 2.21. The molecule has 1 N–H and O–H groups in total. The Morgan fingerprint density at radius 2 is 1.81 bits per heavy atom. The van der Waals surface area contributed by atoms with E-state index in [-0.39, 0.29) is 29.1 Å². The number of nitrogens with zero attached hydrogens (tertiary/aromatic N) is 1. The maximum atomic E-state index is 12.5. The highest BCUT2D eigenvalue weighted by molar-refractivity contribution is 7.89. The van der Waals surface area contributed by atoms with Gasteiger partial charge in [0.15, 0.2) is 0 Å². The Morgan fingerprint density at radius 1 is 1.15 bits per heavy atom. The average Bonchev–Trinajstić information content (AvgIpc) is 2.58. The van der Waals surface area contributed by atoms with Crippen molar-refractivity contribution in [2.24, 2.45) is 0 Å². The first-order chi connectivity index (χ1) is 12.5. The van der Waals surface area contributed by atoms with E-state index < -0.39 is 14.9 Å². The Hall–Kier alpha value is -2.45. The summed E-state index contributed by atoms with van der Waals surface area (Å²) in [4.78, 5) is 10.2. The van der Waals surface area contributed by atoms with Gasteiger partial charge >= 0.3 is 0 Å². The van der Waals surface area contributed by atoms with Gasteiger partial charge < -0.3 is 4.74 Å². The van der Waals surface area contributed by atoms with Crippen molar-refractivity contribution in [1.29, 1.82) is 0 Å². The number of nitro benzene ring substituents is 1. The lowest BCUT2D eigenvalue weighted by Gasteiger charge is -2.22. The number of hydrogen-bond donors (Lipinski definition) is 1. The smallest absolute Gasteiger partial charge is 0.270 e. The summed E-state index contributed by atoms with van der Waals surface area (Å²) in [7, 11) is -3.87. The second-order valence-corrected chi connectivity index (χ2v) is 8.93. The van der Waals surface area contributed by atoms with Gasteiger partial charge in [-0.2, -0.15) is 0 Å². The first kappa shape index (κ1) is 20.9. The van der Waals surface area contributed by atoms with Crippen molar-refractivity contribution in [1.82, 2.24) is 4.72 Å². The third-order valence-electron chi connectivity index (χ3n) is 4.02. The van der Waals surface area contributed by atoms with Crippen molar-refractivity contribution in [3.8, 4) is 5.75 Å². The third kappa shape index (κ3) is 5.27. The monoisotopic (exact) mass is 392 g/mol. The van der Waals surface area contributed by atoms with E-state index in [1.165, 1.54) is 12.1 Å². The molecule has 2 rings (SSSR count). The topological polar surface area (TPSA) is 98.5 Å². The molecule has 0 aliphatic rings. The summed E-state index contributed by atoms with van der Waals surface area (Å²) >= 11 is 0. The number of para-hydroxylation sites is 1. The number of hydrogen-bond acceptors (Lipinski definition) is 5. The molecular formula is C19H24N2O5S. The Kier molecular flexibility index (Phi) is 6.22. The summed E-state index contributed by atoms with van der Waals surface area (Å²) in [6.07, 6.45) is 0. The molecule has 0 unspecified atom stereocenters. The molecule has 0 saturated carbocycles. The highest BCUT2D eigenvalue weighted by Crippen LogP contribution is 2.30. The minimum atomic E-state index is -3.87.